The second-order valence-corrected chi connectivity index (χ2v) is 8.77. The first-order valence-electron chi connectivity index (χ1n) is 10.3. The summed E-state index contributed by atoms with van der Waals surface area (Å²) in [6.07, 6.45) is -3.20. The van der Waals surface area contributed by atoms with Crippen LogP contribution >= 0.6 is 15.9 Å². The zero-order valence-corrected chi connectivity index (χ0v) is 19.5. The molecule has 0 saturated heterocycles. The number of amides is 1. The van der Waals surface area contributed by atoms with Gasteiger partial charge in [0.05, 0.1) is 17.2 Å². The van der Waals surface area contributed by atoms with Crippen molar-refractivity contribution in [2.45, 2.75) is 37.9 Å². The fraction of sp³-hybridized carbons (Fsp3) is 0.318. The molecule has 1 saturated carbocycles. The minimum atomic E-state index is -4.91. The Morgan fingerprint density at radius 1 is 1.20 bits per heavy atom. The minimum absolute atomic E-state index is 0.144. The van der Waals surface area contributed by atoms with Crippen LogP contribution in [0.1, 0.15) is 58.7 Å². The lowest BCUT2D eigenvalue weighted by atomic mass is 9.97. The van der Waals surface area contributed by atoms with Crippen molar-refractivity contribution in [1.82, 2.24) is 25.1 Å². The number of pyridine rings is 1. The average molecular weight is 555 g/mol. The molecule has 1 unspecified atom stereocenters. The van der Waals surface area contributed by atoms with Gasteiger partial charge in [-0.15, -0.1) is 5.10 Å². The van der Waals surface area contributed by atoms with E-state index in [1.165, 1.54) is 29.9 Å². The van der Waals surface area contributed by atoms with Crippen LogP contribution in [0.4, 0.5) is 22.0 Å². The molecule has 35 heavy (non-hydrogen) atoms. The van der Waals surface area contributed by atoms with Crippen LogP contribution in [0, 0.1) is 17.2 Å². The number of alkyl halides is 5. The quantitative estimate of drug-likeness (QED) is 0.416. The zero-order chi connectivity index (χ0) is 25.5. The maximum Gasteiger partial charge on any atom is 0.416 e. The first-order chi connectivity index (χ1) is 16.4. The predicted octanol–water partition coefficient (Wildman–Crippen LogP) is 5.31. The van der Waals surface area contributed by atoms with E-state index in [-0.39, 0.29) is 29.2 Å². The second-order valence-electron chi connectivity index (χ2n) is 8.06. The number of halogens is 6. The highest BCUT2D eigenvalue weighted by Gasteiger charge is 2.49. The van der Waals surface area contributed by atoms with Crippen LogP contribution < -0.4 is 5.32 Å². The summed E-state index contributed by atoms with van der Waals surface area (Å²) in [6, 6.07) is 5.74. The standard InChI is InChI=1S/C22H16BrF5N6O/c1-11(18-32-20(23)33-34(18)17-5-2-12(9-29)10-30-17)31-19(35)13-6-15(21(24,25)14-3-4-14)8-16(7-13)22(26,27)28/h2,5-8,10-11,14H,3-4H2,1H3,(H,31,35). The van der Waals surface area contributed by atoms with Gasteiger partial charge in [-0.25, -0.2) is 18.7 Å². The van der Waals surface area contributed by atoms with Gasteiger partial charge < -0.3 is 5.32 Å². The summed E-state index contributed by atoms with van der Waals surface area (Å²) in [6.45, 7) is 1.50. The number of nitriles is 1. The lowest BCUT2D eigenvalue weighted by molar-refractivity contribution is -0.137. The Morgan fingerprint density at radius 2 is 1.89 bits per heavy atom. The maximum absolute atomic E-state index is 14.6. The highest BCUT2D eigenvalue weighted by Crippen LogP contribution is 2.50. The van der Waals surface area contributed by atoms with Gasteiger partial charge in [0.2, 0.25) is 4.73 Å². The smallest absolute Gasteiger partial charge is 0.342 e. The van der Waals surface area contributed by atoms with Gasteiger partial charge in [-0.2, -0.15) is 23.1 Å². The van der Waals surface area contributed by atoms with Gasteiger partial charge >= 0.3 is 6.18 Å². The van der Waals surface area contributed by atoms with E-state index >= 15 is 0 Å². The molecule has 0 spiro atoms. The molecule has 13 heteroatoms. The molecule has 0 aliphatic heterocycles. The molecule has 2 heterocycles. The first-order valence-corrected chi connectivity index (χ1v) is 11.1. The average Bonchev–Trinajstić information content (AvgIpc) is 3.60. The van der Waals surface area contributed by atoms with Crippen LogP contribution in [-0.4, -0.2) is 25.7 Å². The normalized spacial score (nSPS) is 14.9. The van der Waals surface area contributed by atoms with Gasteiger partial charge in [0.1, 0.15) is 6.07 Å². The Hall–Kier alpha value is -3.40. The van der Waals surface area contributed by atoms with Crippen molar-refractivity contribution >= 4 is 21.8 Å². The van der Waals surface area contributed by atoms with E-state index in [0.717, 1.165) is 6.07 Å². The summed E-state index contributed by atoms with van der Waals surface area (Å²) in [5.41, 5.74) is -2.43. The molecular formula is C22H16BrF5N6O. The van der Waals surface area contributed by atoms with E-state index in [1.54, 1.807) is 0 Å². The van der Waals surface area contributed by atoms with E-state index in [4.69, 9.17) is 5.26 Å². The number of carbonyl (C=O) groups excluding carboxylic acids is 1. The molecule has 7 nitrogen and oxygen atoms in total. The number of nitrogens with zero attached hydrogens (tertiary/aromatic N) is 5. The Labute approximate surface area is 204 Å². The zero-order valence-electron chi connectivity index (χ0n) is 17.9. The molecule has 1 amide bonds. The molecule has 1 atom stereocenters. The van der Waals surface area contributed by atoms with Crippen molar-refractivity contribution in [3.63, 3.8) is 0 Å². The molecule has 0 radical (unpaired) electrons. The molecule has 182 valence electrons. The van der Waals surface area contributed by atoms with Gasteiger partial charge in [-0.3, -0.25) is 4.79 Å². The Bertz CT molecular complexity index is 1310. The largest absolute Gasteiger partial charge is 0.416 e. The lowest BCUT2D eigenvalue weighted by Gasteiger charge is -2.20. The molecular weight excluding hydrogens is 539 g/mol. The molecule has 0 bridgehead atoms. The molecule has 1 aromatic carbocycles. The number of aromatic nitrogens is 4. The number of carbonyl (C=O) groups is 1. The van der Waals surface area contributed by atoms with E-state index in [0.29, 0.717) is 17.7 Å². The van der Waals surface area contributed by atoms with Gasteiger partial charge in [0.15, 0.2) is 11.6 Å². The third-order valence-corrected chi connectivity index (χ3v) is 5.77. The topological polar surface area (TPSA) is 96.5 Å². The third kappa shape index (κ3) is 5.17. The van der Waals surface area contributed by atoms with Gasteiger partial charge in [-0.05, 0) is 66.0 Å². The molecule has 1 aliphatic carbocycles. The van der Waals surface area contributed by atoms with Crippen LogP contribution in [-0.2, 0) is 12.1 Å². The summed E-state index contributed by atoms with van der Waals surface area (Å²) in [7, 11) is 0. The van der Waals surface area contributed by atoms with Crippen molar-refractivity contribution in [3.8, 4) is 11.9 Å². The highest BCUT2D eigenvalue weighted by molar-refractivity contribution is 9.10. The maximum atomic E-state index is 14.6. The Kier molecular flexibility index (Phi) is 6.35. The van der Waals surface area contributed by atoms with Crippen LogP contribution in [0.3, 0.4) is 0 Å². The summed E-state index contributed by atoms with van der Waals surface area (Å²) >= 11 is 3.13. The van der Waals surface area contributed by atoms with E-state index < -0.39 is 46.7 Å². The van der Waals surface area contributed by atoms with Crippen molar-refractivity contribution < 1.29 is 26.7 Å². The van der Waals surface area contributed by atoms with Gasteiger partial charge in [0, 0.05) is 23.2 Å². The number of benzene rings is 1. The van der Waals surface area contributed by atoms with E-state index in [1.807, 2.05) is 6.07 Å². The summed E-state index contributed by atoms with van der Waals surface area (Å²) in [4.78, 5) is 21.1. The van der Waals surface area contributed by atoms with Crippen molar-refractivity contribution in [2.75, 3.05) is 0 Å². The Balaban J connectivity index is 1.64. The molecule has 4 rings (SSSR count). The second kappa shape index (κ2) is 8.99. The van der Waals surface area contributed by atoms with Gasteiger partial charge in [-0.1, -0.05) is 0 Å². The number of rotatable bonds is 6. The van der Waals surface area contributed by atoms with E-state index in [2.05, 4.69) is 36.3 Å². The number of hydrogen-bond acceptors (Lipinski definition) is 5. The lowest BCUT2D eigenvalue weighted by Crippen LogP contribution is -2.30. The fourth-order valence-corrected chi connectivity index (χ4v) is 3.81. The minimum Gasteiger partial charge on any atom is -0.342 e. The van der Waals surface area contributed by atoms with Crippen molar-refractivity contribution in [2.24, 2.45) is 5.92 Å². The molecule has 3 aromatic rings. The van der Waals surface area contributed by atoms with Crippen LogP contribution in [0.25, 0.3) is 5.82 Å². The van der Waals surface area contributed by atoms with Crippen molar-refractivity contribution in [3.05, 3.63) is 69.3 Å². The number of nitrogens with one attached hydrogen (secondary N) is 1. The molecule has 1 fully saturated rings. The molecule has 2 aromatic heterocycles. The van der Waals surface area contributed by atoms with Crippen LogP contribution in [0.15, 0.2) is 41.3 Å². The highest BCUT2D eigenvalue weighted by atomic mass is 79.9. The first kappa shape index (κ1) is 24.7. The molecule has 1 aliphatic rings. The van der Waals surface area contributed by atoms with Gasteiger partial charge in [0.25, 0.3) is 11.8 Å². The third-order valence-electron chi connectivity index (χ3n) is 5.43. The summed E-state index contributed by atoms with van der Waals surface area (Å²) < 4.78 is 70.9. The fourth-order valence-electron chi connectivity index (χ4n) is 3.47. The summed E-state index contributed by atoms with van der Waals surface area (Å²) in [5, 5.41) is 15.5. The van der Waals surface area contributed by atoms with Crippen LogP contribution in [0.2, 0.25) is 0 Å². The number of hydrogen-bond donors (Lipinski definition) is 1. The predicted molar refractivity (Wildman–Crippen MR) is 116 cm³/mol. The summed E-state index contributed by atoms with van der Waals surface area (Å²) in [5.74, 6) is -5.08. The van der Waals surface area contributed by atoms with Crippen molar-refractivity contribution in [1.29, 1.82) is 5.26 Å². The SMILES string of the molecule is CC(NC(=O)c1cc(C(F)(F)F)cc(C(F)(F)C2CC2)c1)c1nc(Br)nn1-c1ccc(C#N)cn1. The Morgan fingerprint density at radius 3 is 2.46 bits per heavy atom. The monoisotopic (exact) mass is 554 g/mol. The van der Waals surface area contributed by atoms with Crippen LogP contribution in [0.5, 0.6) is 0 Å². The molecule has 1 N–H and O–H groups in total. The van der Waals surface area contributed by atoms with E-state index in [9.17, 15) is 26.7 Å².